The van der Waals surface area contributed by atoms with Crippen molar-refractivity contribution in [3.63, 3.8) is 0 Å². The zero-order chi connectivity index (χ0) is 10.0. The van der Waals surface area contributed by atoms with Crippen molar-refractivity contribution in [2.75, 3.05) is 6.61 Å². The molecule has 1 fully saturated rings. The third-order valence-electron chi connectivity index (χ3n) is 2.28. The van der Waals surface area contributed by atoms with E-state index in [1.807, 2.05) is 0 Å². The summed E-state index contributed by atoms with van der Waals surface area (Å²) in [6, 6.07) is 0. The van der Waals surface area contributed by atoms with E-state index in [0.717, 1.165) is 0 Å². The molecular weight excluding hydrogens is 176 g/mol. The van der Waals surface area contributed by atoms with Crippen molar-refractivity contribution in [3.8, 4) is 0 Å². The maximum atomic E-state index is 9.36. The zero-order valence-corrected chi connectivity index (χ0v) is 7.21. The van der Waals surface area contributed by atoms with Gasteiger partial charge in [0.15, 0.2) is 0 Å². The third-order valence-corrected chi connectivity index (χ3v) is 2.28. The fourth-order valence-corrected chi connectivity index (χ4v) is 1.42. The Hall–Kier alpha value is -0.200. The SMILES string of the molecule is [CH2]CC1O[C@H](CO)[C@@H](O)[C@H](O)[C@H]1O. The van der Waals surface area contributed by atoms with Gasteiger partial charge in [0, 0.05) is 0 Å². The van der Waals surface area contributed by atoms with Crippen LogP contribution in [-0.2, 0) is 4.74 Å². The van der Waals surface area contributed by atoms with Crippen LogP contribution < -0.4 is 0 Å². The molecule has 1 radical (unpaired) electrons. The summed E-state index contributed by atoms with van der Waals surface area (Å²) < 4.78 is 5.11. The molecule has 1 unspecified atom stereocenters. The van der Waals surface area contributed by atoms with Crippen molar-refractivity contribution in [3.05, 3.63) is 6.92 Å². The second-order valence-corrected chi connectivity index (χ2v) is 3.16. The lowest BCUT2D eigenvalue weighted by Crippen LogP contribution is -2.58. The first-order valence-corrected chi connectivity index (χ1v) is 4.21. The van der Waals surface area contributed by atoms with Crippen LogP contribution in [0.15, 0.2) is 0 Å². The number of hydrogen-bond acceptors (Lipinski definition) is 5. The van der Waals surface area contributed by atoms with Crippen molar-refractivity contribution >= 4 is 0 Å². The molecule has 77 valence electrons. The first kappa shape index (κ1) is 10.9. The lowest BCUT2D eigenvalue weighted by atomic mass is 9.94. The van der Waals surface area contributed by atoms with Crippen molar-refractivity contribution in [1.29, 1.82) is 0 Å². The molecule has 5 heteroatoms. The molecule has 1 aliphatic rings. The number of rotatable bonds is 2. The molecule has 1 saturated heterocycles. The van der Waals surface area contributed by atoms with Crippen LogP contribution >= 0.6 is 0 Å². The van der Waals surface area contributed by atoms with Gasteiger partial charge in [-0.2, -0.15) is 0 Å². The summed E-state index contributed by atoms with van der Waals surface area (Å²) in [5.41, 5.74) is 0. The summed E-state index contributed by atoms with van der Waals surface area (Å²) in [5, 5.41) is 36.8. The standard InChI is InChI=1S/C8H15O5/c1-2-4-6(10)8(12)7(11)5(3-9)13-4/h4-12H,1-3H2/t4?,5-,6+,7-,8-/m1/s1. The molecular formula is C8H15O5. The Kier molecular flexibility index (Phi) is 3.63. The first-order chi connectivity index (χ1) is 6.11. The van der Waals surface area contributed by atoms with Crippen LogP contribution in [0.4, 0.5) is 0 Å². The molecule has 0 aromatic rings. The smallest absolute Gasteiger partial charge is 0.111 e. The number of ether oxygens (including phenoxy) is 1. The van der Waals surface area contributed by atoms with E-state index in [-0.39, 0.29) is 13.0 Å². The van der Waals surface area contributed by atoms with E-state index in [2.05, 4.69) is 6.92 Å². The molecule has 5 nitrogen and oxygen atoms in total. The predicted molar refractivity (Wildman–Crippen MR) is 43.7 cm³/mol. The monoisotopic (exact) mass is 191 g/mol. The maximum Gasteiger partial charge on any atom is 0.111 e. The highest BCUT2D eigenvalue weighted by molar-refractivity contribution is 4.91. The Labute approximate surface area is 76.6 Å². The topological polar surface area (TPSA) is 90.2 Å². The van der Waals surface area contributed by atoms with E-state index < -0.39 is 30.5 Å². The Bertz CT molecular complexity index is 143. The van der Waals surface area contributed by atoms with Crippen molar-refractivity contribution in [2.24, 2.45) is 0 Å². The number of aliphatic hydroxyl groups is 4. The van der Waals surface area contributed by atoms with Crippen LogP contribution in [0.2, 0.25) is 0 Å². The van der Waals surface area contributed by atoms with Gasteiger partial charge in [0.05, 0.1) is 12.7 Å². The van der Waals surface area contributed by atoms with E-state index in [1.54, 1.807) is 0 Å². The predicted octanol–water partition coefficient (Wildman–Crippen LogP) is -1.95. The quantitative estimate of drug-likeness (QED) is 0.407. The molecule has 0 spiro atoms. The second-order valence-electron chi connectivity index (χ2n) is 3.16. The van der Waals surface area contributed by atoms with Crippen molar-refractivity contribution < 1.29 is 25.2 Å². The average molecular weight is 191 g/mol. The van der Waals surface area contributed by atoms with Gasteiger partial charge in [-0.1, -0.05) is 6.92 Å². The summed E-state index contributed by atoms with van der Waals surface area (Å²) in [6.45, 7) is 3.14. The molecule has 0 aromatic carbocycles. The van der Waals surface area contributed by atoms with Crippen LogP contribution in [0.25, 0.3) is 0 Å². The molecule has 0 aromatic heterocycles. The molecule has 0 bridgehead atoms. The lowest BCUT2D eigenvalue weighted by Gasteiger charge is -2.39. The minimum absolute atomic E-state index is 0.279. The molecule has 5 atom stereocenters. The minimum Gasteiger partial charge on any atom is -0.394 e. The van der Waals surface area contributed by atoms with Crippen LogP contribution in [0.3, 0.4) is 0 Å². The summed E-state index contributed by atoms with van der Waals surface area (Å²) in [5.74, 6) is 0. The molecule has 1 rings (SSSR count). The molecule has 1 aliphatic heterocycles. The van der Waals surface area contributed by atoms with Crippen LogP contribution in [0.5, 0.6) is 0 Å². The molecule has 1 heterocycles. The van der Waals surface area contributed by atoms with E-state index in [9.17, 15) is 15.3 Å². The fraction of sp³-hybridized carbons (Fsp3) is 0.875. The summed E-state index contributed by atoms with van der Waals surface area (Å²) in [7, 11) is 0. The highest BCUT2D eigenvalue weighted by Gasteiger charge is 2.42. The molecule has 0 saturated carbocycles. The van der Waals surface area contributed by atoms with Gasteiger partial charge >= 0.3 is 0 Å². The van der Waals surface area contributed by atoms with Gasteiger partial charge in [-0.15, -0.1) is 0 Å². The van der Waals surface area contributed by atoms with E-state index in [4.69, 9.17) is 9.84 Å². The average Bonchev–Trinajstić information content (AvgIpc) is 2.15. The molecule has 4 N–H and O–H groups in total. The van der Waals surface area contributed by atoms with Crippen molar-refractivity contribution in [2.45, 2.75) is 36.9 Å². The first-order valence-electron chi connectivity index (χ1n) is 4.21. The molecule has 13 heavy (non-hydrogen) atoms. The van der Waals surface area contributed by atoms with E-state index >= 15 is 0 Å². The van der Waals surface area contributed by atoms with E-state index in [0.29, 0.717) is 0 Å². The van der Waals surface area contributed by atoms with Gasteiger partial charge in [0.1, 0.15) is 24.4 Å². The summed E-state index contributed by atoms with van der Waals surface area (Å²) in [4.78, 5) is 0. The van der Waals surface area contributed by atoms with Crippen molar-refractivity contribution in [1.82, 2.24) is 0 Å². The molecule has 0 amide bonds. The van der Waals surface area contributed by atoms with Gasteiger partial charge in [-0.3, -0.25) is 0 Å². The Balaban J connectivity index is 2.66. The Morgan fingerprint density at radius 3 is 2.00 bits per heavy atom. The Morgan fingerprint density at radius 2 is 1.54 bits per heavy atom. The second kappa shape index (κ2) is 4.34. The summed E-state index contributed by atoms with van der Waals surface area (Å²) in [6.07, 6.45) is -4.86. The van der Waals surface area contributed by atoms with Gasteiger partial charge in [-0.25, -0.2) is 0 Å². The highest BCUT2D eigenvalue weighted by Crippen LogP contribution is 2.22. The van der Waals surface area contributed by atoms with Gasteiger partial charge in [0.2, 0.25) is 0 Å². The fourth-order valence-electron chi connectivity index (χ4n) is 1.42. The number of hydrogen-bond donors (Lipinski definition) is 4. The van der Waals surface area contributed by atoms with E-state index in [1.165, 1.54) is 0 Å². The van der Waals surface area contributed by atoms with Crippen LogP contribution in [-0.4, -0.2) is 57.6 Å². The number of aliphatic hydroxyl groups excluding tert-OH is 4. The zero-order valence-electron chi connectivity index (χ0n) is 7.21. The third kappa shape index (κ3) is 2.00. The minimum atomic E-state index is -1.28. The summed E-state index contributed by atoms with van der Waals surface area (Å²) >= 11 is 0. The highest BCUT2D eigenvalue weighted by atomic mass is 16.5. The normalized spacial score (nSPS) is 46.4. The largest absolute Gasteiger partial charge is 0.394 e. The van der Waals surface area contributed by atoms with Gasteiger partial charge in [0.25, 0.3) is 0 Å². The van der Waals surface area contributed by atoms with Crippen LogP contribution in [0, 0.1) is 6.92 Å². The maximum absolute atomic E-state index is 9.36. The van der Waals surface area contributed by atoms with Gasteiger partial charge < -0.3 is 25.2 Å². The van der Waals surface area contributed by atoms with Crippen LogP contribution in [0.1, 0.15) is 6.42 Å². The lowest BCUT2D eigenvalue weighted by molar-refractivity contribution is -0.228. The Morgan fingerprint density at radius 1 is 1.00 bits per heavy atom. The van der Waals surface area contributed by atoms with Gasteiger partial charge in [-0.05, 0) is 6.42 Å². The molecule has 0 aliphatic carbocycles.